The largest absolute Gasteiger partial charge is 0.493 e. The van der Waals surface area contributed by atoms with Gasteiger partial charge < -0.3 is 9.84 Å². The first-order chi connectivity index (χ1) is 8.74. The lowest BCUT2D eigenvalue weighted by Gasteiger charge is -2.09. The van der Waals surface area contributed by atoms with Gasteiger partial charge in [0.25, 0.3) is 0 Å². The molecule has 0 bridgehead atoms. The minimum absolute atomic E-state index is 0.395. The average molecular weight is 248 g/mol. The van der Waals surface area contributed by atoms with Gasteiger partial charge in [0.1, 0.15) is 5.75 Å². The van der Waals surface area contributed by atoms with Gasteiger partial charge in [-0.1, -0.05) is 18.2 Å². The van der Waals surface area contributed by atoms with Gasteiger partial charge in [-0.25, -0.2) is 0 Å². The van der Waals surface area contributed by atoms with Crippen molar-refractivity contribution in [3.63, 3.8) is 0 Å². The molecular formula is C12H16N4O2. The number of nitrogens with zero attached hydrogens (tertiary/aromatic N) is 4. The Labute approximate surface area is 105 Å². The zero-order valence-electron chi connectivity index (χ0n) is 10.2. The van der Waals surface area contributed by atoms with Crippen molar-refractivity contribution in [1.82, 2.24) is 20.2 Å². The van der Waals surface area contributed by atoms with Gasteiger partial charge in [-0.2, -0.15) is 4.80 Å². The second-order valence-electron chi connectivity index (χ2n) is 4.00. The van der Waals surface area contributed by atoms with Crippen molar-refractivity contribution in [3.8, 4) is 5.75 Å². The molecule has 6 nitrogen and oxygen atoms in total. The number of aryl methyl sites for hydroxylation is 1. The van der Waals surface area contributed by atoms with E-state index in [1.165, 1.54) is 4.80 Å². The zero-order chi connectivity index (χ0) is 12.8. The summed E-state index contributed by atoms with van der Waals surface area (Å²) in [5.74, 6) is 1.35. The van der Waals surface area contributed by atoms with E-state index in [0.717, 1.165) is 5.75 Å². The summed E-state index contributed by atoms with van der Waals surface area (Å²) < 4.78 is 5.50. The number of para-hydroxylation sites is 1. The van der Waals surface area contributed by atoms with Crippen molar-refractivity contribution in [3.05, 3.63) is 36.2 Å². The SMILES string of the molecule is Cn1nnc(CC(O)CCOc2ccccc2)n1. The van der Waals surface area contributed by atoms with Crippen LogP contribution in [0.1, 0.15) is 12.2 Å². The van der Waals surface area contributed by atoms with E-state index >= 15 is 0 Å². The highest BCUT2D eigenvalue weighted by Gasteiger charge is 2.09. The van der Waals surface area contributed by atoms with E-state index in [9.17, 15) is 5.11 Å². The molecule has 1 N–H and O–H groups in total. The second kappa shape index (κ2) is 6.11. The van der Waals surface area contributed by atoms with Crippen LogP contribution in [0.25, 0.3) is 0 Å². The van der Waals surface area contributed by atoms with Crippen LogP contribution in [-0.2, 0) is 13.5 Å². The number of benzene rings is 1. The summed E-state index contributed by atoms with van der Waals surface area (Å²) in [6, 6.07) is 9.53. The van der Waals surface area contributed by atoms with E-state index < -0.39 is 6.10 Å². The highest BCUT2D eigenvalue weighted by molar-refractivity contribution is 5.20. The first-order valence-electron chi connectivity index (χ1n) is 5.83. The van der Waals surface area contributed by atoms with E-state index in [1.54, 1.807) is 7.05 Å². The van der Waals surface area contributed by atoms with E-state index in [-0.39, 0.29) is 0 Å². The molecule has 0 fully saturated rings. The van der Waals surface area contributed by atoms with Crippen LogP contribution in [-0.4, -0.2) is 38.0 Å². The summed E-state index contributed by atoms with van der Waals surface area (Å²) in [6.45, 7) is 0.464. The average Bonchev–Trinajstić information content (AvgIpc) is 2.76. The summed E-state index contributed by atoms with van der Waals surface area (Å²) in [4.78, 5) is 1.38. The third-order valence-corrected chi connectivity index (χ3v) is 2.43. The topological polar surface area (TPSA) is 73.1 Å². The summed E-state index contributed by atoms with van der Waals surface area (Å²) in [5.41, 5.74) is 0. The lowest BCUT2D eigenvalue weighted by molar-refractivity contribution is 0.137. The Balaban J connectivity index is 1.70. The van der Waals surface area contributed by atoms with E-state index in [4.69, 9.17) is 4.74 Å². The monoisotopic (exact) mass is 248 g/mol. The highest BCUT2D eigenvalue weighted by atomic mass is 16.5. The van der Waals surface area contributed by atoms with E-state index in [0.29, 0.717) is 25.3 Å². The van der Waals surface area contributed by atoms with Crippen molar-refractivity contribution in [2.75, 3.05) is 6.61 Å². The molecule has 1 unspecified atom stereocenters. The van der Waals surface area contributed by atoms with E-state index in [1.807, 2.05) is 30.3 Å². The first kappa shape index (κ1) is 12.5. The molecule has 1 heterocycles. The number of aliphatic hydroxyl groups is 1. The normalized spacial score (nSPS) is 12.3. The van der Waals surface area contributed by atoms with Gasteiger partial charge in [0.15, 0.2) is 5.82 Å². The number of rotatable bonds is 6. The number of hydrogen-bond acceptors (Lipinski definition) is 5. The van der Waals surface area contributed by atoms with Crippen LogP contribution in [0.3, 0.4) is 0 Å². The fourth-order valence-electron chi connectivity index (χ4n) is 1.55. The number of hydrogen-bond donors (Lipinski definition) is 1. The minimum Gasteiger partial charge on any atom is -0.493 e. The first-order valence-corrected chi connectivity index (χ1v) is 5.83. The molecule has 2 rings (SSSR count). The maximum absolute atomic E-state index is 9.79. The van der Waals surface area contributed by atoms with Crippen LogP contribution in [0.5, 0.6) is 5.75 Å². The molecule has 1 aromatic carbocycles. The molecule has 6 heteroatoms. The minimum atomic E-state index is -0.516. The van der Waals surface area contributed by atoms with Gasteiger partial charge in [0.05, 0.1) is 19.8 Å². The predicted octanol–water partition coefficient (Wildman–Crippen LogP) is 0.583. The van der Waals surface area contributed by atoms with Gasteiger partial charge in [-0.05, 0) is 17.3 Å². The molecule has 18 heavy (non-hydrogen) atoms. The molecule has 0 aliphatic carbocycles. The molecule has 0 amide bonds. The number of tetrazole rings is 1. The van der Waals surface area contributed by atoms with Gasteiger partial charge >= 0.3 is 0 Å². The lowest BCUT2D eigenvalue weighted by atomic mass is 10.2. The van der Waals surface area contributed by atoms with Crippen LogP contribution >= 0.6 is 0 Å². The quantitative estimate of drug-likeness (QED) is 0.809. The molecule has 1 aromatic heterocycles. The summed E-state index contributed by atoms with van der Waals surface area (Å²) >= 11 is 0. The highest BCUT2D eigenvalue weighted by Crippen LogP contribution is 2.09. The van der Waals surface area contributed by atoms with Gasteiger partial charge in [-0.3, -0.25) is 0 Å². The summed E-state index contributed by atoms with van der Waals surface area (Å²) in [6.07, 6.45) is 0.414. The summed E-state index contributed by atoms with van der Waals surface area (Å²) in [7, 11) is 1.70. The molecule has 2 aromatic rings. The van der Waals surface area contributed by atoms with Crippen LogP contribution in [0.4, 0.5) is 0 Å². The fourth-order valence-corrected chi connectivity index (χ4v) is 1.55. The molecule has 0 radical (unpaired) electrons. The second-order valence-corrected chi connectivity index (χ2v) is 4.00. The smallest absolute Gasteiger partial charge is 0.177 e. The van der Waals surface area contributed by atoms with Crippen molar-refractivity contribution >= 4 is 0 Å². The van der Waals surface area contributed by atoms with Crippen LogP contribution in [0.15, 0.2) is 30.3 Å². The lowest BCUT2D eigenvalue weighted by Crippen LogP contribution is -2.15. The Morgan fingerprint density at radius 2 is 2.11 bits per heavy atom. The fraction of sp³-hybridized carbons (Fsp3) is 0.417. The Bertz CT molecular complexity index is 472. The molecule has 0 aliphatic rings. The van der Waals surface area contributed by atoms with Crippen molar-refractivity contribution in [1.29, 1.82) is 0 Å². The Hall–Kier alpha value is -1.95. The van der Waals surface area contributed by atoms with Crippen molar-refractivity contribution < 1.29 is 9.84 Å². The molecule has 96 valence electrons. The predicted molar refractivity (Wildman–Crippen MR) is 65.1 cm³/mol. The Morgan fingerprint density at radius 3 is 2.78 bits per heavy atom. The third-order valence-electron chi connectivity index (χ3n) is 2.43. The van der Waals surface area contributed by atoms with Crippen LogP contribution < -0.4 is 4.74 Å². The standard InChI is InChI=1S/C12H16N4O2/c1-16-14-12(13-15-16)9-10(17)7-8-18-11-5-3-2-4-6-11/h2-6,10,17H,7-9H2,1H3. The van der Waals surface area contributed by atoms with E-state index in [2.05, 4.69) is 15.4 Å². The molecule has 0 spiro atoms. The maximum Gasteiger partial charge on any atom is 0.177 e. The molecular weight excluding hydrogens is 232 g/mol. The molecule has 0 aliphatic heterocycles. The third kappa shape index (κ3) is 3.81. The van der Waals surface area contributed by atoms with Crippen LogP contribution in [0.2, 0.25) is 0 Å². The molecule has 1 atom stereocenters. The van der Waals surface area contributed by atoms with Crippen LogP contribution in [0, 0.1) is 0 Å². The molecule has 0 saturated carbocycles. The van der Waals surface area contributed by atoms with Gasteiger partial charge in [0.2, 0.25) is 0 Å². The number of aromatic nitrogens is 4. The van der Waals surface area contributed by atoms with Crippen molar-refractivity contribution in [2.24, 2.45) is 7.05 Å². The van der Waals surface area contributed by atoms with Gasteiger partial charge in [0, 0.05) is 12.8 Å². The molecule has 0 saturated heterocycles. The zero-order valence-corrected chi connectivity index (χ0v) is 10.2. The summed E-state index contributed by atoms with van der Waals surface area (Å²) in [5, 5.41) is 21.3. The van der Waals surface area contributed by atoms with Gasteiger partial charge in [-0.15, -0.1) is 10.2 Å². The maximum atomic E-state index is 9.79. The number of ether oxygens (including phenoxy) is 1. The van der Waals surface area contributed by atoms with Crippen molar-refractivity contribution in [2.45, 2.75) is 18.9 Å². The Kier molecular flexibility index (Phi) is 4.25. The Morgan fingerprint density at radius 1 is 1.33 bits per heavy atom. The number of aliphatic hydroxyl groups excluding tert-OH is 1.